The number of anilines is 1. The second-order valence-electron chi connectivity index (χ2n) is 8.40. The van der Waals surface area contributed by atoms with Crippen molar-refractivity contribution in [3.63, 3.8) is 0 Å². The molecule has 0 unspecified atom stereocenters. The first-order chi connectivity index (χ1) is 16.5. The summed E-state index contributed by atoms with van der Waals surface area (Å²) in [6.45, 7) is 3.99. The predicted octanol–water partition coefficient (Wildman–Crippen LogP) is 3.04. The van der Waals surface area contributed by atoms with Crippen molar-refractivity contribution >= 4 is 32.4 Å². The topological polar surface area (TPSA) is 96.3 Å². The SMILES string of the molecule is CCOC(=O)[C@@H]1CCCN(c2c(S(=O)(=O)c3ccccc3)c[nH+]c3cc4c(cc23)OCCO4)C1. The number of nitrogens with one attached hydrogen (secondary N) is 1. The van der Waals surface area contributed by atoms with Gasteiger partial charge in [0.1, 0.15) is 13.2 Å². The lowest BCUT2D eigenvalue weighted by atomic mass is 9.97. The molecule has 2 aliphatic rings. The summed E-state index contributed by atoms with van der Waals surface area (Å²) in [4.78, 5) is 18.0. The zero-order chi connectivity index (χ0) is 23.7. The zero-order valence-corrected chi connectivity index (χ0v) is 19.8. The smallest absolute Gasteiger partial charge is 0.310 e. The van der Waals surface area contributed by atoms with Crippen molar-refractivity contribution in [1.82, 2.24) is 0 Å². The van der Waals surface area contributed by atoms with Gasteiger partial charge in [0.05, 0.1) is 34.6 Å². The van der Waals surface area contributed by atoms with Crippen molar-refractivity contribution in [3.05, 3.63) is 48.7 Å². The van der Waals surface area contributed by atoms with Crippen molar-refractivity contribution in [2.75, 3.05) is 37.8 Å². The Morgan fingerprint density at radius 3 is 2.62 bits per heavy atom. The standard InChI is InChI=1S/C25H26N2O6S/c1-2-31-25(28)17-7-6-10-27(16-17)24-19-13-21-22(33-12-11-32-21)14-20(19)26-15-23(24)34(29,30)18-8-4-3-5-9-18/h3-5,8-9,13-15,17H,2,6-7,10-12,16H2,1H3/p+1/t17-/m1/s1. The minimum Gasteiger partial charge on any atom is -0.486 e. The van der Waals surface area contributed by atoms with Crippen molar-refractivity contribution < 1.29 is 32.4 Å². The number of carbonyl (C=O) groups excluding carboxylic acids is 1. The fourth-order valence-corrected chi connectivity index (χ4v) is 6.12. The molecule has 3 heterocycles. The number of fused-ring (bicyclic) bond motifs is 2. The van der Waals surface area contributed by atoms with E-state index in [1.807, 2.05) is 17.0 Å². The van der Waals surface area contributed by atoms with Crippen LogP contribution in [-0.4, -0.2) is 47.3 Å². The third-order valence-corrected chi connectivity index (χ3v) is 8.01. The number of piperidine rings is 1. The lowest BCUT2D eigenvalue weighted by molar-refractivity contribution is -0.347. The van der Waals surface area contributed by atoms with Gasteiger partial charge in [0.2, 0.25) is 15.4 Å². The molecule has 1 fully saturated rings. The molecule has 2 aromatic carbocycles. The Labute approximate surface area is 198 Å². The van der Waals surface area contributed by atoms with E-state index in [4.69, 9.17) is 14.2 Å². The molecule has 1 saturated heterocycles. The summed E-state index contributed by atoms with van der Waals surface area (Å²) in [7, 11) is -3.84. The van der Waals surface area contributed by atoms with Gasteiger partial charge in [-0.3, -0.25) is 4.79 Å². The largest absolute Gasteiger partial charge is 0.486 e. The van der Waals surface area contributed by atoms with Gasteiger partial charge in [0, 0.05) is 19.2 Å². The van der Waals surface area contributed by atoms with E-state index >= 15 is 0 Å². The average molecular weight is 484 g/mol. The van der Waals surface area contributed by atoms with Crippen LogP contribution in [0.25, 0.3) is 10.9 Å². The van der Waals surface area contributed by atoms with E-state index in [0.717, 1.165) is 11.9 Å². The van der Waals surface area contributed by atoms with Crippen LogP contribution < -0.4 is 19.4 Å². The lowest BCUT2D eigenvalue weighted by Crippen LogP contribution is -2.40. The fraction of sp³-hybridized carbons (Fsp3) is 0.360. The molecule has 0 spiro atoms. The maximum Gasteiger partial charge on any atom is 0.310 e. The highest BCUT2D eigenvalue weighted by molar-refractivity contribution is 7.91. The molecule has 8 nitrogen and oxygen atoms in total. The summed E-state index contributed by atoms with van der Waals surface area (Å²) in [5.74, 6) is 0.613. The van der Waals surface area contributed by atoms with E-state index in [1.54, 1.807) is 37.3 Å². The van der Waals surface area contributed by atoms with Gasteiger partial charge in [-0.1, -0.05) is 18.2 Å². The number of esters is 1. The maximum absolute atomic E-state index is 13.8. The number of nitrogens with zero attached hydrogens (tertiary/aromatic N) is 1. The van der Waals surface area contributed by atoms with Crippen LogP contribution in [0, 0.1) is 5.92 Å². The van der Waals surface area contributed by atoms with Gasteiger partial charge < -0.3 is 19.1 Å². The lowest BCUT2D eigenvalue weighted by Gasteiger charge is -2.34. The molecular formula is C25H27N2O6S+. The van der Waals surface area contributed by atoms with Gasteiger partial charge in [0.25, 0.3) is 0 Å². The van der Waals surface area contributed by atoms with E-state index in [1.165, 1.54) is 6.20 Å². The van der Waals surface area contributed by atoms with Crippen molar-refractivity contribution in [2.24, 2.45) is 5.92 Å². The molecule has 1 atom stereocenters. The van der Waals surface area contributed by atoms with Crippen molar-refractivity contribution in [3.8, 4) is 11.5 Å². The molecule has 5 rings (SSSR count). The Hall–Kier alpha value is -3.33. The molecule has 178 valence electrons. The number of carbonyl (C=O) groups is 1. The minimum absolute atomic E-state index is 0.160. The summed E-state index contributed by atoms with van der Waals surface area (Å²) < 4.78 is 44.3. The first-order valence-electron chi connectivity index (χ1n) is 11.5. The van der Waals surface area contributed by atoms with E-state index in [-0.39, 0.29) is 21.7 Å². The Morgan fingerprint density at radius 1 is 1.15 bits per heavy atom. The highest BCUT2D eigenvalue weighted by Crippen LogP contribution is 2.41. The third kappa shape index (κ3) is 4.04. The van der Waals surface area contributed by atoms with E-state index in [2.05, 4.69) is 4.98 Å². The van der Waals surface area contributed by atoms with Crippen LogP contribution in [0.2, 0.25) is 0 Å². The number of pyridine rings is 1. The number of rotatable bonds is 5. The van der Waals surface area contributed by atoms with E-state index < -0.39 is 9.84 Å². The van der Waals surface area contributed by atoms with Crippen molar-refractivity contribution in [1.29, 1.82) is 0 Å². The molecule has 0 radical (unpaired) electrons. The molecule has 34 heavy (non-hydrogen) atoms. The third-order valence-electron chi connectivity index (χ3n) is 6.23. The fourth-order valence-electron chi connectivity index (χ4n) is 4.64. The first kappa shape index (κ1) is 22.5. The van der Waals surface area contributed by atoms with E-state index in [9.17, 15) is 13.2 Å². The first-order valence-corrected chi connectivity index (χ1v) is 13.0. The number of ether oxygens (including phenoxy) is 3. The Kier molecular flexibility index (Phi) is 6.03. The van der Waals surface area contributed by atoms with Crippen LogP contribution in [0.15, 0.2) is 58.5 Å². The summed E-state index contributed by atoms with van der Waals surface area (Å²) in [5, 5.41) is 0.700. The Morgan fingerprint density at radius 2 is 1.88 bits per heavy atom. The number of benzene rings is 2. The molecule has 0 aliphatic carbocycles. The highest BCUT2D eigenvalue weighted by Gasteiger charge is 2.34. The van der Waals surface area contributed by atoms with Gasteiger partial charge in [0.15, 0.2) is 22.6 Å². The number of aromatic nitrogens is 1. The summed E-state index contributed by atoms with van der Waals surface area (Å²) in [6, 6.07) is 12.0. The monoisotopic (exact) mass is 483 g/mol. The van der Waals surface area contributed by atoms with Crippen LogP contribution in [-0.2, 0) is 19.4 Å². The van der Waals surface area contributed by atoms with Gasteiger partial charge in [-0.25, -0.2) is 13.4 Å². The molecule has 9 heteroatoms. The molecular weight excluding hydrogens is 456 g/mol. The van der Waals surface area contributed by atoms with Gasteiger partial charge >= 0.3 is 5.97 Å². The molecule has 1 aromatic heterocycles. The van der Waals surface area contributed by atoms with Gasteiger partial charge in [-0.2, -0.15) is 0 Å². The second kappa shape index (κ2) is 9.13. The highest BCUT2D eigenvalue weighted by atomic mass is 32.2. The van der Waals surface area contributed by atoms with Gasteiger partial charge in [-0.05, 0) is 31.9 Å². The van der Waals surface area contributed by atoms with Gasteiger partial charge in [-0.15, -0.1) is 0 Å². The van der Waals surface area contributed by atoms with Crippen LogP contribution >= 0.6 is 0 Å². The average Bonchev–Trinajstić information content (AvgIpc) is 2.87. The second-order valence-corrected chi connectivity index (χ2v) is 10.3. The molecule has 1 N–H and O–H groups in total. The summed E-state index contributed by atoms with van der Waals surface area (Å²) in [5.41, 5.74) is 1.29. The number of H-pyrrole nitrogens is 1. The van der Waals surface area contributed by atoms with E-state index in [0.29, 0.717) is 61.9 Å². The molecule has 0 saturated carbocycles. The summed E-state index contributed by atoms with van der Waals surface area (Å²) >= 11 is 0. The number of hydrogen-bond donors (Lipinski definition) is 0. The number of aromatic amines is 1. The predicted molar refractivity (Wildman–Crippen MR) is 125 cm³/mol. The molecule has 2 aliphatic heterocycles. The zero-order valence-electron chi connectivity index (χ0n) is 19.0. The molecule has 0 bridgehead atoms. The van der Waals surface area contributed by atoms with Crippen LogP contribution in [0.5, 0.6) is 11.5 Å². The normalized spacial score (nSPS) is 18.0. The minimum atomic E-state index is -3.84. The summed E-state index contributed by atoms with van der Waals surface area (Å²) in [6.07, 6.45) is 2.99. The van der Waals surface area contributed by atoms with Crippen LogP contribution in [0.3, 0.4) is 0 Å². The molecule has 0 amide bonds. The molecule has 3 aromatic rings. The number of hydrogen-bond acceptors (Lipinski definition) is 7. The van der Waals surface area contributed by atoms with Crippen LogP contribution in [0.1, 0.15) is 19.8 Å². The Bertz CT molecular complexity index is 1330. The maximum atomic E-state index is 13.8. The van der Waals surface area contributed by atoms with Crippen molar-refractivity contribution in [2.45, 2.75) is 29.6 Å². The number of sulfone groups is 1. The van der Waals surface area contributed by atoms with Crippen LogP contribution in [0.4, 0.5) is 5.69 Å². The quantitative estimate of drug-likeness (QED) is 0.515. The Balaban J connectivity index is 1.69.